The Labute approximate surface area is 512 Å². The van der Waals surface area contributed by atoms with Crippen LogP contribution in [0.2, 0.25) is 0 Å². The highest BCUT2D eigenvalue weighted by atomic mass is 15.0. The molecule has 4 heterocycles. The number of benzene rings is 9. The number of hydrogen-bond acceptors (Lipinski definition) is 0. The van der Waals surface area contributed by atoms with Crippen molar-refractivity contribution in [1.29, 1.82) is 0 Å². The first kappa shape index (κ1) is 55.2. The van der Waals surface area contributed by atoms with Crippen LogP contribution in [-0.2, 0) is 25.7 Å². The molecule has 4 aliphatic carbocycles. The molecule has 0 spiro atoms. The lowest BCUT2D eigenvalue weighted by atomic mass is 9.58. The van der Waals surface area contributed by atoms with E-state index >= 15 is 0 Å². The molecule has 2 unspecified atom stereocenters. The van der Waals surface area contributed by atoms with E-state index in [1.54, 1.807) is 117 Å². The van der Waals surface area contributed by atoms with E-state index in [4.69, 9.17) is 0 Å². The highest BCUT2D eigenvalue weighted by Gasteiger charge is 2.49. The van der Waals surface area contributed by atoms with E-state index in [1.807, 2.05) is 27.7 Å². The van der Waals surface area contributed by atoms with Crippen LogP contribution in [0.4, 0.5) is 0 Å². The van der Waals surface area contributed by atoms with Crippen molar-refractivity contribution in [3.8, 4) is 11.4 Å². The van der Waals surface area contributed by atoms with E-state index < -0.39 is 0 Å². The Hall–Kier alpha value is -7.42. The van der Waals surface area contributed by atoms with Crippen LogP contribution in [0, 0.1) is 132 Å². The molecule has 2 heteroatoms. The van der Waals surface area contributed by atoms with E-state index in [0.717, 1.165) is 25.7 Å². The molecule has 0 radical (unpaired) electrons. The van der Waals surface area contributed by atoms with Crippen LogP contribution in [-0.4, -0.2) is 9.13 Å². The second-order valence-corrected chi connectivity index (χ2v) is 27.3. The molecule has 2 aliphatic heterocycles. The summed E-state index contributed by atoms with van der Waals surface area (Å²) >= 11 is 0. The molecule has 434 valence electrons. The fraction of sp³-hybridized carbons (Fsp3) is 0.357. The number of nitrogens with zero attached hydrogens (tertiary/aromatic N) is 2. The molecule has 0 N–H and O–H groups in total. The summed E-state index contributed by atoms with van der Waals surface area (Å²) in [6.07, 6.45) is 3.94. The van der Waals surface area contributed by atoms with Crippen molar-refractivity contribution >= 4 is 43.6 Å². The van der Waals surface area contributed by atoms with Gasteiger partial charge in [-0.05, 0) is 370 Å². The maximum Gasteiger partial charge on any atom is 0.0588 e. The van der Waals surface area contributed by atoms with Crippen molar-refractivity contribution in [3.63, 3.8) is 0 Å². The van der Waals surface area contributed by atoms with Gasteiger partial charge in [-0.3, -0.25) is 0 Å². The molecule has 0 fully saturated rings. The topological polar surface area (TPSA) is 9.86 Å². The number of hydrogen-bond donors (Lipinski definition) is 0. The molecule has 9 aromatic carbocycles. The third-order valence-electron chi connectivity index (χ3n) is 25.0. The largest absolute Gasteiger partial charge is 0.308 e. The molecular weight excluding hydrogens is 1040 g/mol. The minimum Gasteiger partial charge on any atom is -0.308 e. The van der Waals surface area contributed by atoms with Crippen molar-refractivity contribution in [2.24, 2.45) is 0 Å². The molecule has 0 bridgehead atoms. The van der Waals surface area contributed by atoms with Crippen LogP contribution in [0.3, 0.4) is 0 Å². The van der Waals surface area contributed by atoms with E-state index in [9.17, 15) is 0 Å². The zero-order valence-corrected chi connectivity index (χ0v) is 56.1. The van der Waals surface area contributed by atoms with E-state index in [2.05, 4.69) is 189 Å². The number of aryl methyl sites for hydroxylation is 2. The Morgan fingerprint density at radius 1 is 0.244 bits per heavy atom. The Kier molecular flexibility index (Phi) is 11.8. The van der Waals surface area contributed by atoms with Gasteiger partial charge in [-0.15, -0.1) is 0 Å². The van der Waals surface area contributed by atoms with Crippen molar-refractivity contribution < 1.29 is 0 Å². The van der Waals surface area contributed by atoms with Crippen LogP contribution in [0.1, 0.15) is 246 Å². The predicted octanol–water partition coefficient (Wildman–Crippen LogP) is 21.6. The first-order chi connectivity index (χ1) is 41.2. The second-order valence-electron chi connectivity index (χ2n) is 27.3. The van der Waals surface area contributed by atoms with Crippen LogP contribution in [0.15, 0.2) is 48.5 Å². The standard InChI is InChI=1S/C80H76N2.2C2H6/c1-32-37(6)53-28-57-47(16)59-30-55-39(8)33(2)45(14)77-72(55)75(69-43(12)35(4)41(10)67-51-24-20-22-26-61(51)81(77)79(67)69)65(59)49(18)63(57)74-64-50(19)66-60(48(17)58(64)29-54(38(32)7)71(53)74)31-56-40(9)34(3)46(15)78-73(56)76(66)70-44(13)36(5)42(11)68-52-25-21-23-27-62(52)82(78)80(68)70;2*1-2/h20-27,74-76H,28-31H2,1-19H3;2*1-2H3. The lowest BCUT2D eigenvalue weighted by Crippen LogP contribution is -2.33. The molecule has 86 heavy (non-hydrogen) atoms. The number of fused-ring (bicyclic) bond motifs is 18. The average Bonchev–Trinajstić information content (AvgIpc) is 1.32. The summed E-state index contributed by atoms with van der Waals surface area (Å²) in [5, 5.41) is 5.65. The third kappa shape index (κ3) is 6.16. The predicted molar refractivity (Wildman–Crippen MR) is 368 cm³/mol. The van der Waals surface area contributed by atoms with Crippen molar-refractivity contribution in [3.05, 3.63) is 249 Å². The van der Waals surface area contributed by atoms with Crippen LogP contribution in [0.5, 0.6) is 0 Å². The van der Waals surface area contributed by atoms with Crippen LogP contribution in [0.25, 0.3) is 55.0 Å². The summed E-state index contributed by atoms with van der Waals surface area (Å²) in [5.41, 5.74) is 63.6. The van der Waals surface area contributed by atoms with Gasteiger partial charge in [-0.25, -0.2) is 0 Å². The highest BCUT2D eigenvalue weighted by Crippen LogP contribution is 2.63. The SMILES string of the molecule is CC.CC.Cc1c(C)c2c3c(c1C)Cc1c(C)c4c(c(C)c1C3c1c(C)c3c(c(C)c1C2)Cc1c(C)c(C)c(C)c2c1C3c1c(C)c(C)c(C)c3c5ccccc5n-2c13)C1c2c(c(C)c(C)c(C)c2-n2c3ccccc3c3c(C)c(C)c(C)c1c32)C4. The van der Waals surface area contributed by atoms with Gasteiger partial charge in [-0.2, -0.15) is 0 Å². The zero-order valence-electron chi connectivity index (χ0n) is 56.1. The first-order valence-corrected chi connectivity index (χ1v) is 32.9. The molecule has 11 aromatic rings. The van der Waals surface area contributed by atoms with E-state index in [0.29, 0.717) is 0 Å². The highest BCUT2D eigenvalue weighted by molar-refractivity contribution is 6.16. The summed E-state index contributed by atoms with van der Waals surface area (Å²) in [7, 11) is 0. The second kappa shape index (κ2) is 18.3. The molecule has 0 saturated heterocycles. The maximum absolute atomic E-state index is 2.74. The van der Waals surface area contributed by atoms with Crippen molar-refractivity contribution in [2.75, 3.05) is 0 Å². The van der Waals surface area contributed by atoms with Gasteiger partial charge in [0, 0.05) is 39.3 Å². The minimum atomic E-state index is 0.125. The molecule has 6 aliphatic rings. The smallest absolute Gasteiger partial charge is 0.0588 e. The molecule has 17 rings (SSSR count). The fourth-order valence-corrected chi connectivity index (χ4v) is 19.7. The molecule has 0 amide bonds. The lowest BCUT2D eigenvalue weighted by molar-refractivity contribution is 0.749. The summed E-state index contributed by atoms with van der Waals surface area (Å²) in [4.78, 5) is 0. The lowest BCUT2D eigenvalue weighted by Gasteiger charge is -2.46. The Balaban J connectivity index is 0.00000153. The number of para-hydroxylation sites is 2. The molecule has 2 aromatic heterocycles. The van der Waals surface area contributed by atoms with Gasteiger partial charge in [0.25, 0.3) is 0 Å². The van der Waals surface area contributed by atoms with Crippen molar-refractivity contribution in [2.45, 2.75) is 203 Å². The fourth-order valence-electron chi connectivity index (χ4n) is 19.7. The minimum absolute atomic E-state index is 0.125. The maximum atomic E-state index is 2.74. The Bertz CT molecular complexity index is 4750. The van der Waals surface area contributed by atoms with Gasteiger partial charge in [0.05, 0.1) is 33.4 Å². The summed E-state index contributed by atoms with van der Waals surface area (Å²) in [5.74, 6) is 0.375. The van der Waals surface area contributed by atoms with Crippen molar-refractivity contribution in [1.82, 2.24) is 9.13 Å². The Morgan fingerprint density at radius 2 is 0.512 bits per heavy atom. The van der Waals surface area contributed by atoms with Gasteiger partial charge in [0.15, 0.2) is 0 Å². The van der Waals surface area contributed by atoms with Gasteiger partial charge in [0.1, 0.15) is 0 Å². The molecule has 0 saturated carbocycles. The quantitative estimate of drug-likeness (QED) is 0.143. The van der Waals surface area contributed by atoms with E-state index in [1.165, 1.54) is 138 Å². The zero-order chi connectivity index (χ0) is 60.9. The molecule has 2 atom stereocenters. The summed E-state index contributed by atoms with van der Waals surface area (Å²) < 4.78 is 5.49. The van der Waals surface area contributed by atoms with Crippen LogP contribution >= 0.6 is 0 Å². The molecular formula is C84H88N2. The van der Waals surface area contributed by atoms with E-state index in [-0.39, 0.29) is 17.8 Å². The Morgan fingerprint density at radius 3 is 0.849 bits per heavy atom. The van der Waals surface area contributed by atoms with Gasteiger partial charge in [0.2, 0.25) is 0 Å². The summed E-state index contributed by atoms with van der Waals surface area (Å²) in [6, 6.07) is 18.7. The van der Waals surface area contributed by atoms with Gasteiger partial charge < -0.3 is 9.13 Å². The van der Waals surface area contributed by atoms with Crippen LogP contribution < -0.4 is 0 Å². The first-order valence-electron chi connectivity index (χ1n) is 32.9. The monoisotopic (exact) mass is 1120 g/mol. The normalized spacial score (nSPS) is 16.5. The third-order valence-corrected chi connectivity index (χ3v) is 25.0. The number of aromatic nitrogens is 2. The average molecular weight is 1130 g/mol. The summed E-state index contributed by atoms with van der Waals surface area (Å²) in [6.45, 7) is 54.9. The number of rotatable bonds is 0. The van der Waals surface area contributed by atoms with Gasteiger partial charge >= 0.3 is 0 Å². The molecule has 2 nitrogen and oxygen atoms in total. The van der Waals surface area contributed by atoms with Gasteiger partial charge in [-0.1, -0.05) is 64.1 Å².